The molecule has 6 rings (SSSR count). The Bertz CT molecular complexity index is 1950. The van der Waals surface area contributed by atoms with E-state index in [2.05, 4.69) is 150 Å². The van der Waals surface area contributed by atoms with E-state index in [0.717, 1.165) is 0 Å². The van der Waals surface area contributed by atoms with Gasteiger partial charge in [0.15, 0.2) is 0 Å². The van der Waals surface area contributed by atoms with Gasteiger partial charge in [0.1, 0.15) is 0 Å². The second-order valence-corrected chi connectivity index (χ2v) is 45.6. The number of rotatable bonds is 5. The van der Waals surface area contributed by atoms with Crippen LogP contribution in [0.15, 0.2) is 77.9 Å². The molecule has 0 aliphatic heterocycles. The number of hydrogen-bond acceptors (Lipinski definition) is 0. The van der Waals surface area contributed by atoms with Crippen LogP contribution in [0.1, 0.15) is 78.1 Å². The summed E-state index contributed by atoms with van der Waals surface area (Å²) in [7, 11) is 0. The Kier molecular flexibility index (Phi) is 10.0. The first-order chi connectivity index (χ1) is 20.2. The Hall–Kier alpha value is -1.96. The fourth-order valence-electron chi connectivity index (χ4n) is 8.52. The molecule has 4 aromatic carbocycles. The number of allylic oxidation sites excluding steroid dienone is 2. The predicted octanol–water partition coefficient (Wildman–Crippen LogP) is 12.0. The Balaban J connectivity index is 0.00000230. The van der Waals surface area contributed by atoms with E-state index < -0.39 is 17.4 Å². The average molecular weight is 733 g/mol. The molecule has 0 spiro atoms. The number of aryl methyl sites for hydroxylation is 5. The minimum Gasteiger partial charge on any atom is -0.147 e. The average Bonchev–Trinajstić information content (AvgIpc) is 3.52. The van der Waals surface area contributed by atoms with E-state index in [1.54, 1.807) is 22.3 Å². The molecular weight excluding hydrogens is 683 g/mol. The van der Waals surface area contributed by atoms with E-state index in [9.17, 15) is 0 Å². The van der Waals surface area contributed by atoms with Crippen molar-refractivity contribution in [3.05, 3.63) is 128 Å². The zero-order valence-electron chi connectivity index (χ0n) is 28.8. The number of fused-ring (bicyclic) bond motifs is 2. The molecule has 0 heterocycles. The van der Waals surface area contributed by atoms with Gasteiger partial charge in [0.05, 0.1) is 0 Å². The van der Waals surface area contributed by atoms with Crippen molar-refractivity contribution in [2.45, 2.75) is 71.9 Å². The van der Waals surface area contributed by atoms with Crippen LogP contribution < -0.4 is 0 Å². The summed E-state index contributed by atoms with van der Waals surface area (Å²) in [5, 5.41) is 0. The molecule has 4 heteroatoms. The van der Waals surface area contributed by atoms with Gasteiger partial charge in [-0.1, -0.05) is 0 Å². The smallest absolute Gasteiger partial charge is 0.147 e. The third kappa shape index (κ3) is 5.88. The van der Waals surface area contributed by atoms with Crippen molar-refractivity contribution in [3.8, 4) is 22.3 Å². The first-order valence-electron chi connectivity index (χ1n) is 16.1. The van der Waals surface area contributed by atoms with Gasteiger partial charge < -0.3 is 0 Å². The van der Waals surface area contributed by atoms with Crippen molar-refractivity contribution in [1.29, 1.82) is 0 Å². The Morgan fingerprint density at radius 1 is 0.600 bits per heavy atom. The molecule has 2 unspecified atom stereocenters. The summed E-state index contributed by atoms with van der Waals surface area (Å²) in [5.41, 5.74) is 21.7. The van der Waals surface area contributed by atoms with E-state index in [1.807, 2.05) is 0 Å². The zero-order chi connectivity index (χ0) is 31.0. The van der Waals surface area contributed by atoms with E-state index in [1.165, 1.54) is 61.2 Å². The fourth-order valence-corrected chi connectivity index (χ4v) is 29.1. The number of hydrogen-bond donors (Lipinski definition) is 0. The van der Waals surface area contributed by atoms with Crippen LogP contribution in [0.25, 0.3) is 34.4 Å². The van der Waals surface area contributed by atoms with Crippen LogP contribution in [-0.4, -0.2) is 6.88 Å². The topological polar surface area (TPSA) is 0 Å². The molecule has 0 bridgehead atoms. The first-order valence-corrected chi connectivity index (χ1v) is 29.7. The normalized spacial score (nSPS) is 17.2. The van der Waals surface area contributed by atoms with Crippen LogP contribution in [0.3, 0.4) is 0 Å². The van der Waals surface area contributed by atoms with E-state index in [0.29, 0.717) is 13.2 Å². The van der Waals surface area contributed by atoms with Gasteiger partial charge in [0.25, 0.3) is 0 Å². The van der Waals surface area contributed by atoms with Crippen LogP contribution in [0.4, 0.5) is 0 Å². The van der Waals surface area contributed by atoms with Crippen molar-refractivity contribution in [2.24, 2.45) is 5.92 Å². The maximum Gasteiger partial charge on any atom is -0.147 e. The molecule has 0 saturated heterocycles. The predicted molar refractivity (Wildman–Crippen MR) is 204 cm³/mol. The Labute approximate surface area is 287 Å². The molecule has 236 valence electrons. The largest absolute Gasteiger partial charge is 0.147 e. The Morgan fingerprint density at radius 2 is 1.13 bits per heavy atom. The molecule has 0 fully saturated rings. The van der Waals surface area contributed by atoms with Crippen LogP contribution in [0.2, 0.25) is 9.26 Å². The van der Waals surface area contributed by atoms with Gasteiger partial charge in [-0.3, -0.25) is 0 Å². The first kappa shape index (κ1) is 35.9. The molecule has 2 aliphatic rings. The summed E-state index contributed by atoms with van der Waals surface area (Å²) in [6.45, 7) is 21.0. The molecule has 0 amide bonds. The van der Waals surface area contributed by atoms with Crippen LogP contribution in [0.5, 0.6) is 0 Å². The van der Waals surface area contributed by atoms with Crippen molar-refractivity contribution < 1.29 is 17.4 Å². The second kappa shape index (κ2) is 12.6. The van der Waals surface area contributed by atoms with Gasteiger partial charge in [-0.2, -0.15) is 0 Å². The maximum atomic E-state index is 2.78. The molecule has 2 aliphatic carbocycles. The van der Waals surface area contributed by atoms with Crippen molar-refractivity contribution in [3.63, 3.8) is 0 Å². The molecule has 0 N–H and O–H groups in total. The molecule has 2 atom stereocenters. The fraction of sp³-hybridized carbons (Fsp3) is 0.317. The van der Waals surface area contributed by atoms with E-state index in [4.69, 9.17) is 0 Å². The summed E-state index contributed by atoms with van der Waals surface area (Å²) < 4.78 is 6.59. The molecule has 0 radical (unpaired) electrons. The number of benzene rings is 4. The SMILES string of the molecule is CC1=Cc2c(-c3ccc(C)c(C)c3)ccc(C)c2[CH]1[Zr]([CH3])([CH3])(=[SiH2])[CH]1C(C(C)C)=Cc2c(-c3ccc(C)c(C)c3)cccc21.Cl.Cl. The summed E-state index contributed by atoms with van der Waals surface area (Å²) in [5.74, 6) is 0.510. The van der Waals surface area contributed by atoms with Gasteiger partial charge in [-0.05, 0) is 0 Å². The summed E-state index contributed by atoms with van der Waals surface area (Å²) in [4.78, 5) is 0. The minimum absolute atomic E-state index is 0. The molecule has 0 nitrogen and oxygen atoms in total. The molecular formula is C41H50Cl2SiZr. The minimum atomic E-state index is -3.67. The maximum absolute atomic E-state index is 3.67. The van der Waals surface area contributed by atoms with Crippen molar-refractivity contribution in [2.75, 3.05) is 0 Å². The quantitative estimate of drug-likeness (QED) is 0.179. The summed E-state index contributed by atoms with van der Waals surface area (Å²) >= 11 is -3.67. The standard InChI is InChI=1S/C20H21.C19H19.2CH3.2ClH.H2Si.Zr/c1-13(2)18-11-16-6-5-7-19(20(16)12-18)17-9-8-14(3)15(4)10-17;1-12-9-18-14(3)6-8-17(19(18)10-12)16-7-5-13(2)15(4)11-16;;;;;;/h5-13H,1-4H3;5-11H,1-4H3;2*1H3;2*1H;1H2;. The monoisotopic (exact) mass is 730 g/mol. The van der Waals surface area contributed by atoms with E-state index >= 15 is 0 Å². The third-order valence-electron chi connectivity index (χ3n) is 10.9. The van der Waals surface area contributed by atoms with Crippen molar-refractivity contribution in [1.82, 2.24) is 0 Å². The van der Waals surface area contributed by atoms with Gasteiger partial charge >= 0.3 is 264 Å². The number of halogens is 2. The Morgan fingerprint density at radius 3 is 1.67 bits per heavy atom. The second-order valence-electron chi connectivity index (χ2n) is 15.2. The summed E-state index contributed by atoms with van der Waals surface area (Å²) in [6.07, 6.45) is 5.17. The van der Waals surface area contributed by atoms with Crippen LogP contribution in [0, 0.1) is 40.5 Å². The van der Waals surface area contributed by atoms with Crippen molar-refractivity contribution >= 4 is 43.8 Å². The van der Waals surface area contributed by atoms with Crippen LogP contribution >= 0.6 is 24.8 Å². The van der Waals surface area contributed by atoms with Gasteiger partial charge in [0.2, 0.25) is 0 Å². The third-order valence-corrected chi connectivity index (χ3v) is 28.5. The van der Waals surface area contributed by atoms with Gasteiger partial charge in [-0.25, -0.2) is 0 Å². The molecule has 0 aromatic heterocycles. The summed E-state index contributed by atoms with van der Waals surface area (Å²) in [6, 6.07) is 25.9. The van der Waals surface area contributed by atoms with Crippen LogP contribution in [-0.2, 0) is 17.4 Å². The zero-order valence-corrected chi connectivity index (χ0v) is 34.3. The molecule has 4 aromatic rings. The molecule has 0 saturated carbocycles. The molecule has 45 heavy (non-hydrogen) atoms. The van der Waals surface area contributed by atoms with E-state index in [-0.39, 0.29) is 24.8 Å². The van der Waals surface area contributed by atoms with Gasteiger partial charge in [-0.15, -0.1) is 24.8 Å². The van der Waals surface area contributed by atoms with Gasteiger partial charge in [0, 0.05) is 0 Å².